The average Bonchev–Trinajstić information content (AvgIpc) is 3.69. The zero-order valence-electron chi connectivity index (χ0n) is 22.5. The van der Waals surface area contributed by atoms with Crippen LogP contribution in [-0.2, 0) is 24.4 Å². The van der Waals surface area contributed by atoms with Gasteiger partial charge in [0.05, 0.1) is 36.4 Å². The minimum Gasteiger partial charge on any atom is -0.464 e. The molecule has 11 nitrogen and oxygen atoms in total. The van der Waals surface area contributed by atoms with E-state index in [2.05, 4.69) is 77.1 Å². The number of aromatic nitrogens is 7. The highest BCUT2D eigenvalue weighted by Gasteiger charge is 2.34. The van der Waals surface area contributed by atoms with Gasteiger partial charge in [-0.1, -0.05) is 35.5 Å². The summed E-state index contributed by atoms with van der Waals surface area (Å²) in [5, 5.41) is 24.6. The van der Waals surface area contributed by atoms with E-state index in [9.17, 15) is 0 Å². The summed E-state index contributed by atoms with van der Waals surface area (Å²) in [7, 11) is 4.10. The molecule has 1 N–H and O–H groups in total. The van der Waals surface area contributed by atoms with Gasteiger partial charge in [0, 0.05) is 24.0 Å². The lowest BCUT2D eigenvalue weighted by Gasteiger charge is -2.41. The summed E-state index contributed by atoms with van der Waals surface area (Å²) < 4.78 is 14.3. The number of furan rings is 1. The molecule has 3 aromatic heterocycles. The number of piperidine rings is 1. The molecule has 39 heavy (non-hydrogen) atoms. The van der Waals surface area contributed by atoms with E-state index in [4.69, 9.17) is 9.15 Å². The number of nitrogens with one attached hydrogen (secondary N) is 1. The van der Waals surface area contributed by atoms with Gasteiger partial charge in [-0.3, -0.25) is 10.00 Å². The maximum absolute atomic E-state index is 6.75. The Bertz CT molecular complexity index is 1520. The summed E-state index contributed by atoms with van der Waals surface area (Å²) in [6.45, 7) is 4.73. The second-order valence-electron chi connectivity index (χ2n) is 10.4. The van der Waals surface area contributed by atoms with Crippen molar-refractivity contribution in [3.8, 4) is 5.69 Å². The molecular weight excluding hydrogens is 494 g/mol. The summed E-state index contributed by atoms with van der Waals surface area (Å²) in [5.74, 6) is 0.721. The normalized spacial score (nSPS) is 18.4. The Balaban J connectivity index is 1.28. The zero-order chi connectivity index (χ0) is 26.8. The number of H-pyrrole nitrogens is 1. The van der Waals surface area contributed by atoms with Crippen LogP contribution in [-0.4, -0.2) is 72.2 Å². The van der Waals surface area contributed by atoms with Crippen molar-refractivity contribution < 1.29 is 9.15 Å². The molecule has 1 aliphatic heterocycles. The quantitative estimate of drug-likeness (QED) is 0.305. The lowest BCUT2D eigenvalue weighted by atomic mass is 9.92. The van der Waals surface area contributed by atoms with Crippen molar-refractivity contribution in [3.05, 3.63) is 83.1 Å². The van der Waals surface area contributed by atoms with Gasteiger partial charge in [-0.05, 0) is 74.6 Å². The van der Waals surface area contributed by atoms with Crippen LogP contribution in [0.2, 0.25) is 0 Å². The standard InChI is InChI=1S/C28H33N9O2/c1-19-29-33-34-37(19)23-14-21-11-13-38-28(21)22(15-23)18-39-26-10-7-12-36(27(26)20-8-5-4-6-9-20)17-25-24(16-35(2)3)30-32-31-25/h4-6,8-9,11,13-15,26-27H,7,10,12,16-18H2,1-3H3,(H,30,31,32)/t26-,27-/m0/s1. The van der Waals surface area contributed by atoms with Crippen LogP contribution in [0.4, 0.5) is 0 Å². The molecule has 202 valence electrons. The van der Waals surface area contributed by atoms with Gasteiger partial charge in [-0.2, -0.15) is 4.68 Å². The van der Waals surface area contributed by atoms with Crippen molar-refractivity contribution in [1.29, 1.82) is 0 Å². The maximum Gasteiger partial charge on any atom is 0.153 e. The number of likely N-dealkylation sites (tertiary alicyclic amines) is 1. The number of nitrogens with zero attached hydrogens (tertiary/aromatic N) is 8. The first-order chi connectivity index (χ1) is 19.1. The lowest BCUT2D eigenvalue weighted by molar-refractivity contribution is -0.0556. The van der Waals surface area contributed by atoms with E-state index in [0.717, 1.165) is 65.4 Å². The van der Waals surface area contributed by atoms with Gasteiger partial charge in [-0.15, -0.1) is 10.2 Å². The number of hydrogen-bond acceptors (Lipinski definition) is 9. The van der Waals surface area contributed by atoms with E-state index in [1.54, 1.807) is 10.9 Å². The van der Waals surface area contributed by atoms with Gasteiger partial charge >= 0.3 is 0 Å². The third-order valence-electron chi connectivity index (χ3n) is 7.29. The summed E-state index contributed by atoms with van der Waals surface area (Å²) >= 11 is 0. The van der Waals surface area contributed by atoms with Gasteiger partial charge in [0.25, 0.3) is 0 Å². The van der Waals surface area contributed by atoms with Crippen LogP contribution in [0.25, 0.3) is 16.7 Å². The summed E-state index contributed by atoms with van der Waals surface area (Å²) in [5.41, 5.74) is 5.94. The predicted octanol–water partition coefficient (Wildman–Crippen LogP) is 3.82. The molecule has 2 atom stereocenters. The topological polar surface area (TPSA) is 114 Å². The predicted molar refractivity (Wildman–Crippen MR) is 145 cm³/mol. The molecule has 0 spiro atoms. The number of fused-ring (bicyclic) bond motifs is 1. The Morgan fingerprint density at radius 3 is 2.79 bits per heavy atom. The summed E-state index contributed by atoms with van der Waals surface area (Å²) in [6.07, 6.45) is 3.71. The molecule has 1 fully saturated rings. The second kappa shape index (κ2) is 11.0. The van der Waals surface area contributed by atoms with Crippen molar-refractivity contribution in [2.24, 2.45) is 0 Å². The molecule has 0 radical (unpaired) electrons. The molecule has 0 bridgehead atoms. The highest BCUT2D eigenvalue weighted by molar-refractivity contribution is 5.82. The lowest BCUT2D eigenvalue weighted by Crippen LogP contribution is -2.42. The van der Waals surface area contributed by atoms with Gasteiger partial charge in [0.2, 0.25) is 0 Å². The molecule has 0 unspecified atom stereocenters. The molecule has 4 heterocycles. The first kappa shape index (κ1) is 25.4. The third-order valence-corrected chi connectivity index (χ3v) is 7.29. The average molecular weight is 528 g/mol. The number of tetrazole rings is 1. The Morgan fingerprint density at radius 1 is 1.13 bits per heavy atom. The maximum atomic E-state index is 6.75. The van der Waals surface area contributed by atoms with Crippen molar-refractivity contribution in [3.63, 3.8) is 0 Å². The molecule has 0 saturated carbocycles. The molecule has 0 aliphatic carbocycles. The minimum absolute atomic E-state index is 0.00575. The monoisotopic (exact) mass is 527 g/mol. The van der Waals surface area contributed by atoms with Gasteiger partial charge < -0.3 is 14.1 Å². The minimum atomic E-state index is -0.00575. The molecule has 1 aliphatic rings. The molecule has 5 aromatic rings. The number of ether oxygens (including phenoxy) is 1. The highest BCUT2D eigenvalue weighted by atomic mass is 16.5. The van der Waals surface area contributed by atoms with Crippen LogP contribution < -0.4 is 0 Å². The smallest absolute Gasteiger partial charge is 0.153 e. The van der Waals surface area contributed by atoms with Crippen molar-refractivity contribution >= 4 is 11.0 Å². The van der Waals surface area contributed by atoms with E-state index >= 15 is 0 Å². The van der Waals surface area contributed by atoms with Crippen LogP contribution in [0.1, 0.15) is 47.2 Å². The van der Waals surface area contributed by atoms with Gasteiger partial charge in [0.15, 0.2) is 5.82 Å². The first-order valence-electron chi connectivity index (χ1n) is 13.3. The number of aromatic amines is 1. The van der Waals surface area contributed by atoms with Crippen LogP contribution in [0.15, 0.2) is 59.2 Å². The SMILES string of the molecule is Cc1nnnn1-c1cc(CO[C@H]2CCCN(Cc3nn[nH]c3CN(C)C)[C@H]2c2ccccc2)c2occc2c1. The van der Waals surface area contributed by atoms with Crippen LogP contribution in [0, 0.1) is 6.92 Å². The van der Waals surface area contributed by atoms with Gasteiger partial charge in [-0.25, -0.2) is 0 Å². The molecule has 6 rings (SSSR count). The fourth-order valence-electron chi connectivity index (χ4n) is 5.52. The molecular formula is C28H33N9O2. The number of benzene rings is 2. The molecule has 11 heteroatoms. The Morgan fingerprint density at radius 2 is 2.00 bits per heavy atom. The summed E-state index contributed by atoms with van der Waals surface area (Å²) in [4.78, 5) is 4.60. The zero-order valence-corrected chi connectivity index (χ0v) is 22.5. The van der Waals surface area contributed by atoms with Crippen LogP contribution >= 0.6 is 0 Å². The highest BCUT2D eigenvalue weighted by Crippen LogP contribution is 2.36. The first-order valence-corrected chi connectivity index (χ1v) is 13.3. The number of aryl methyl sites for hydroxylation is 1. The van der Waals surface area contributed by atoms with E-state index in [1.165, 1.54) is 5.56 Å². The second-order valence-corrected chi connectivity index (χ2v) is 10.4. The van der Waals surface area contributed by atoms with E-state index in [1.807, 2.05) is 33.2 Å². The number of rotatable bonds is 9. The largest absolute Gasteiger partial charge is 0.464 e. The van der Waals surface area contributed by atoms with Crippen molar-refractivity contribution in [1.82, 2.24) is 45.4 Å². The summed E-state index contributed by atoms with van der Waals surface area (Å²) in [6, 6.07) is 16.7. The van der Waals surface area contributed by atoms with Crippen LogP contribution in [0.5, 0.6) is 0 Å². The Hall–Kier alpha value is -3.93. The fourth-order valence-corrected chi connectivity index (χ4v) is 5.52. The fraction of sp³-hybridized carbons (Fsp3) is 0.393. The number of hydrogen-bond donors (Lipinski definition) is 1. The molecule has 1 saturated heterocycles. The van der Waals surface area contributed by atoms with E-state index in [0.29, 0.717) is 13.2 Å². The Labute approximate surface area is 226 Å². The molecule has 0 amide bonds. The van der Waals surface area contributed by atoms with E-state index in [-0.39, 0.29) is 12.1 Å². The van der Waals surface area contributed by atoms with Gasteiger partial charge in [0.1, 0.15) is 11.3 Å². The van der Waals surface area contributed by atoms with Crippen LogP contribution in [0.3, 0.4) is 0 Å². The molecule has 2 aromatic carbocycles. The Kier molecular flexibility index (Phi) is 7.18. The van der Waals surface area contributed by atoms with E-state index < -0.39 is 0 Å². The van der Waals surface area contributed by atoms with Crippen molar-refractivity contribution in [2.75, 3.05) is 20.6 Å². The van der Waals surface area contributed by atoms with Crippen molar-refractivity contribution in [2.45, 2.75) is 51.6 Å². The third kappa shape index (κ3) is 5.33.